The Kier molecular flexibility index (Phi) is 4.35. The average molecular weight is 294 g/mol. The van der Waals surface area contributed by atoms with Gasteiger partial charge < -0.3 is 10.6 Å². The molecule has 0 radical (unpaired) electrons. The maximum absolute atomic E-state index is 11.3. The zero-order valence-electron chi connectivity index (χ0n) is 11.5. The molecule has 8 heteroatoms. The predicted octanol–water partition coefficient (Wildman–Crippen LogP) is 0.925. The van der Waals surface area contributed by atoms with Crippen molar-refractivity contribution in [2.24, 2.45) is 17.5 Å². The minimum absolute atomic E-state index is 0.115. The van der Waals surface area contributed by atoms with Crippen molar-refractivity contribution < 1.29 is 4.79 Å². The van der Waals surface area contributed by atoms with Gasteiger partial charge in [-0.1, -0.05) is 13.8 Å². The number of amides is 1. The van der Waals surface area contributed by atoms with Gasteiger partial charge in [0.05, 0.1) is 11.9 Å². The molecule has 0 aliphatic heterocycles. The highest BCUT2D eigenvalue weighted by atomic mass is 32.1. The third kappa shape index (κ3) is 3.14. The van der Waals surface area contributed by atoms with E-state index < -0.39 is 5.91 Å². The fourth-order valence-electron chi connectivity index (χ4n) is 2.00. The van der Waals surface area contributed by atoms with Gasteiger partial charge in [-0.25, -0.2) is 10.8 Å². The largest absolute Gasteiger partial charge is 0.368 e. The normalized spacial score (nSPS) is 11.0. The number of nitrogens with zero attached hydrogens (tertiary/aromatic N) is 3. The molecule has 0 aliphatic carbocycles. The van der Waals surface area contributed by atoms with E-state index in [0.717, 1.165) is 10.2 Å². The number of nitrogen functional groups attached to an aromatic ring is 1. The number of fused-ring (bicyclic) bond motifs is 1. The minimum atomic E-state index is -0.394. The molecule has 0 saturated carbocycles. The van der Waals surface area contributed by atoms with Crippen molar-refractivity contribution in [2.75, 3.05) is 23.4 Å². The molecular formula is C12H18N6OS. The Morgan fingerprint density at radius 2 is 2.25 bits per heavy atom. The summed E-state index contributed by atoms with van der Waals surface area (Å²) in [5.41, 5.74) is 7.79. The Bertz CT molecular complexity index is 611. The molecule has 7 nitrogen and oxygen atoms in total. The molecule has 5 N–H and O–H groups in total. The standard InChI is InChI=1S/C12H18N6OS/c1-7(2)5-18(6-9(13)19)10-8-3-4-20-11(8)16-12(15-10)17-14/h3-4,7H,5-6,14H2,1-2H3,(H2,13,19)(H,15,16,17). The Morgan fingerprint density at radius 1 is 1.50 bits per heavy atom. The number of aromatic nitrogens is 2. The molecule has 2 heterocycles. The first-order valence-corrected chi connectivity index (χ1v) is 7.14. The quantitative estimate of drug-likeness (QED) is 0.540. The second-order valence-electron chi connectivity index (χ2n) is 4.90. The molecule has 20 heavy (non-hydrogen) atoms. The van der Waals surface area contributed by atoms with E-state index in [1.165, 1.54) is 11.3 Å². The minimum Gasteiger partial charge on any atom is -0.368 e. The van der Waals surface area contributed by atoms with E-state index in [4.69, 9.17) is 11.6 Å². The summed E-state index contributed by atoms with van der Waals surface area (Å²) >= 11 is 1.50. The number of carbonyl (C=O) groups excluding carboxylic acids is 1. The van der Waals surface area contributed by atoms with Crippen LogP contribution in [0.1, 0.15) is 13.8 Å². The van der Waals surface area contributed by atoms with Crippen LogP contribution >= 0.6 is 11.3 Å². The van der Waals surface area contributed by atoms with Crippen LogP contribution in [0.4, 0.5) is 11.8 Å². The Hall–Kier alpha value is -1.93. The van der Waals surface area contributed by atoms with Crippen LogP contribution < -0.4 is 21.9 Å². The Labute approximate surface area is 121 Å². The molecule has 108 valence electrons. The van der Waals surface area contributed by atoms with E-state index in [9.17, 15) is 4.79 Å². The summed E-state index contributed by atoms with van der Waals surface area (Å²) in [7, 11) is 0. The van der Waals surface area contributed by atoms with Crippen molar-refractivity contribution in [1.29, 1.82) is 0 Å². The van der Waals surface area contributed by atoms with Crippen LogP contribution in [0.15, 0.2) is 11.4 Å². The lowest BCUT2D eigenvalue weighted by Gasteiger charge is -2.25. The zero-order valence-corrected chi connectivity index (χ0v) is 12.3. The van der Waals surface area contributed by atoms with Gasteiger partial charge in [0, 0.05) is 6.54 Å². The van der Waals surface area contributed by atoms with Gasteiger partial charge in [0.2, 0.25) is 11.9 Å². The first-order valence-electron chi connectivity index (χ1n) is 6.26. The molecule has 0 aliphatic rings. The lowest BCUT2D eigenvalue weighted by Crippen LogP contribution is -2.37. The number of nitrogens with two attached hydrogens (primary N) is 2. The highest BCUT2D eigenvalue weighted by Crippen LogP contribution is 2.29. The van der Waals surface area contributed by atoms with Gasteiger partial charge in [0.1, 0.15) is 10.6 Å². The summed E-state index contributed by atoms with van der Waals surface area (Å²) in [5.74, 6) is 6.38. The fraction of sp³-hybridized carbons (Fsp3) is 0.417. The molecule has 2 aromatic heterocycles. The van der Waals surface area contributed by atoms with Crippen molar-refractivity contribution in [1.82, 2.24) is 9.97 Å². The van der Waals surface area contributed by atoms with Crippen LogP contribution in [-0.2, 0) is 4.79 Å². The third-order valence-corrected chi connectivity index (χ3v) is 3.47. The zero-order chi connectivity index (χ0) is 14.7. The maximum Gasteiger partial charge on any atom is 0.240 e. The SMILES string of the molecule is CC(C)CN(CC(N)=O)c1nc(NN)nc2sccc12. The summed E-state index contributed by atoms with van der Waals surface area (Å²) < 4.78 is 0. The van der Waals surface area contributed by atoms with Crippen LogP contribution in [0.2, 0.25) is 0 Å². The molecule has 2 rings (SSSR count). The molecule has 1 amide bonds. The summed E-state index contributed by atoms with van der Waals surface area (Å²) in [4.78, 5) is 22.6. The van der Waals surface area contributed by atoms with Gasteiger partial charge in [-0.2, -0.15) is 4.98 Å². The third-order valence-electron chi connectivity index (χ3n) is 2.67. The smallest absolute Gasteiger partial charge is 0.240 e. The van der Waals surface area contributed by atoms with Crippen LogP contribution in [0, 0.1) is 5.92 Å². The lowest BCUT2D eigenvalue weighted by molar-refractivity contribution is -0.116. The van der Waals surface area contributed by atoms with Gasteiger partial charge in [-0.05, 0) is 17.4 Å². The molecule has 0 fully saturated rings. The number of anilines is 2. The van der Waals surface area contributed by atoms with Gasteiger partial charge in [-0.3, -0.25) is 10.2 Å². The van der Waals surface area contributed by atoms with Gasteiger partial charge in [-0.15, -0.1) is 11.3 Å². The highest BCUT2D eigenvalue weighted by molar-refractivity contribution is 7.16. The number of primary amides is 1. The van der Waals surface area contributed by atoms with Crippen LogP contribution in [0.25, 0.3) is 10.2 Å². The number of hydrogen-bond donors (Lipinski definition) is 3. The van der Waals surface area contributed by atoms with Gasteiger partial charge in [0.25, 0.3) is 0 Å². The van der Waals surface area contributed by atoms with Crippen molar-refractivity contribution >= 4 is 39.2 Å². The molecule has 2 aromatic rings. The van der Waals surface area contributed by atoms with Crippen molar-refractivity contribution in [3.8, 4) is 0 Å². The summed E-state index contributed by atoms with van der Waals surface area (Å²) in [6.07, 6.45) is 0. The van der Waals surface area contributed by atoms with Crippen LogP contribution in [-0.4, -0.2) is 29.0 Å². The van der Waals surface area contributed by atoms with Crippen LogP contribution in [0.5, 0.6) is 0 Å². The Morgan fingerprint density at radius 3 is 2.85 bits per heavy atom. The monoisotopic (exact) mass is 294 g/mol. The fourth-order valence-corrected chi connectivity index (χ4v) is 2.76. The highest BCUT2D eigenvalue weighted by Gasteiger charge is 2.18. The number of carbonyl (C=O) groups is 1. The van der Waals surface area contributed by atoms with E-state index in [1.54, 1.807) is 0 Å². The molecule has 0 unspecified atom stereocenters. The average Bonchev–Trinajstić information content (AvgIpc) is 2.83. The maximum atomic E-state index is 11.3. The summed E-state index contributed by atoms with van der Waals surface area (Å²) in [5, 5.41) is 2.83. The van der Waals surface area contributed by atoms with E-state index in [2.05, 4.69) is 29.2 Å². The van der Waals surface area contributed by atoms with E-state index in [0.29, 0.717) is 24.2 Å². The lowest BCUT2D eigenvalue weighted by atomic mass is 10.2. The number of nitrogens with one attached hydrogen (secondary N) is 1. The number of rotatable bonds is 6. The molecule has 0 saturated heterocycles. The summed E-state index contributed by atoms with van der Waals surface area (Å²) in [6.45, 7) is 4.93. The van der Waals surface area contributed by atoms with E-state index in [-0.39, 0.29) is 6.54 Å². The van der Waals surface area contributed by atoms with Crippen LogP contribution in [0.3, 0.4) is 0 Å². The molecule has 0 atom stereocenters. The topological polar surface area (TPSA) is 110 Å². The molecule has 0 aromatic carbocycles. The number of hydrogen-bond acceptors (Lipinski definition) is 7. The predicted molar refractivity (Wildman–Crippen MR) is 81.5 cm³/mol. The number of hydrazine groups is 1. The van der Waals surface area contributed by atoms with Crippen molar-refractivity contribution in [2.45, 2.75) is 13.8 Å². The second kappa shape index (κ2) is 6.02. The second-order valence-corrected chi connectivity index (χ2v) is 5.79. The number of thiophene rings is 1. The van der Waals surface area contributed by atoms with Gasteiger partial charge in [0.15, 0.2) is 0 Å². The van der Waals surface area contributed by atoms with Gasteiger partial charge >= 0.3 is 0 Å². The Balaban J connectivity index is 2.49. The van der Waals surface area contributed by atoms with E-state index in [1.807, 2.05) is 16.3 Å². The van der Waals surface area contributed by atoms with Crippen molar-refractivity contribution in [3.63, 3.8) is 0 Å². The first kappa shape index (κ1) is 14.5. The molecular weight excluding hydrogens is 276 g/mol. The summed E-state index contributed by atoms with van der Waals surface area (Å²) in [6, 6.07) is 1.93. The molecule has 0 bridgehead atoms. The van der Waals surface area contributed by atoms with E-state index >= 15 is 0 Å². The van der Waals surface area contributed by atoms with Crippen molar-refractivity contribution in [3.05, 3.63) is 11.4 Å². The first-order chi connectivity index (χ1) is 9.51. The molecule has 0 spiro atoms.